The number of thioether (sulfide) groups is 1. The van der Waals surface area contributed by atoms with E-state index < -0.39 is 5.51 Å². The molecule has 0 saturated carbocycles. The van der Waals surface area contributed by atoms with Crippen LogP contribution >= 0.6 is 11.8 Å². The van der Waals surface area contributed by atoms with Crippen molar-refractivity contribution >= 4 is 29.0 Å². The van der Waals surface area contributed by atoms with Crippen molar-refractivity contribution in [1.82, 2.24) is 10.2 Å². The normalized spacial score (nSPS) is 17.9. The number of benzene rings is 2. The Balaban J connectivity index is 1.10. The second kappa shape index (κ2) is 12.2. The maximum Gasteiger partial charge on any atom is 0.446 e. The van der Waals surface area contributed by atoms with Gasteiger partial charge in [-0.2, -0.15) is 13.2 Å². The molecule has 2 fully saturated rings. The van der Waals surface area contributed by atoms with Gasteiger partial charge in [0, 0.05) is 68.0 Å². The summed E-state index contributed by atoms with van der Waals surface area (Å²) in [4.78, 5) is 19.7. The van der Waals surface area contributed by atoms with Crippen LogP contribution in [0.4, 0.5) is 24.5 Å². The third-order valence-corrected chi connectivity index (χ3v) is 7.68. The van der Waals surface area contributed by atoms with Crippen molar-refractivity contribution in [2.75, 3.05) is 55.6 Å². The summed E-state index contributed by atoms with van der Waals surface area (Å²) in [5.74, 6) is 0.111. The van der Waals surface area contributed by atoms with Gasteiger partial charge in [0.1, 0.15) is 0 Å². The number of alkyl halides is 3. The lowest BCUT2D eigenvalue weighted by Gasteiger charge is -2.36. The lowest BCUT2D eigenvalue weighted by molar-refractivity contribution is -0.122. The zero-order chi connectivity index (χ0) is 25.5. The summed E-state index contributed by atoms with van der Waals surface area (Å²) in [6, 6.07) is 15.4. The first kappa shape index (κ1) is 26.7. The fourth-order valence-corrected chi connectivity index (χ4v) is 5.43. The minimum atomic E-state index is -4.27. The fraction of sp³-hybridized carbons (Fsp3) is 0.519. The van der Waals surface area contributed by atoms with Crippen molar-refractivity contribution in [2.45, 2.75) is 49.1 Å². The number of piperidine rings is 1. The highest BCUT2D eigenvalue weighted by Crippen LogP contribution is 2.37. The Morgan fingerprint density at radius 2 is 1.44 bits per heavy atom. The van der Waals surface area contributed by atoms with E-state index in [0.29, 0.717) is 6.42 Å². The maximum absolute atomic E-state index is 12.5. The molecule has 2 aromatic rings. The van der Waals surface area contributed by atoms with Gasteiger partial charge in [0.15, 0.2) is 0 Å². The molecular formula is C27H35F3N4OS. The van der Waals surface area contributed by atoms with Gasteiger partial charge in [-0.1, -0.05) is 17.7 Å². The number of anilines is 2. The van der Waals surface area contributed by atoms with E-state index in [0.717, 1.165) is 70.8 Å². The molecule has 5 nitrogen and oxygen atoms in total. The number of hydrogen-bond donors (Lipinski definition) is 1. The smallest absolute Gasteiger partial charge is 0.371 e. The number of amides is 1. The highest BCUT2D eigenvalue weighted by molar-refractivity contribution is 8.00. The average Bonchev–Trinajstić information content (AvgIpc) is 2.85. The lowest BCUT2D eigenvalue weighted by Crippen LogP contribution is -2.47. The molecule has 0 aromatic heterocycles. The van der Waals surface area contributed by atoms with Crippen molar-refractivity contribution < 1.29 is 18.0 Å². The second-order valence-corrected chi connectivity index (χ2v) is 10.8. The molecule has 0 radical (unpaired) electrons. The molecule has 196 valence electrons. The van der Waals surface area contributed by atoms with Crippen molar-refractivity contribution in [3.8, 4) is 0 Å². The van der Waals surface area contributed by atoms with Crippen molar-refractivity contribution in [3.05, 3.63) is 54.1 Å². The van der Waals surface area contributed by atoms with Crippen molar-refractivity contribution in [2.24, 2.45) is 0 Å². The molecule has 1 amide bonds. The van der Waals surface area contributed by atoms with E-state index in [4.69, 9.17) is 0 Å². The van der Waals surface area contributed by atoms with E-state index in [1.54, 1.807) is 12.1 Å². The number of halogens is 3. The monoisotopic (exact) mass is 520 g/mol. The van der Waals surface area contributed by atoms with Crippen LogP contribution in [0.3, 0.4) is 0 Å². The molecule has 2 aliphatic rings. The maximum atomic E-state index is 12.5. The van der Waals surface area contributed by atoms with Gasteiger partial charge in [0.25, 0.3) is 0 Å². The molecule has 2 heterocycles. The first-order valence-corrected chi connectivity index (χ1v) is 13.5. The van der Waals surface area contributed by atoms with E-state index >= 15 is 0 Å². The van der Waals surface area contributed by atoms with E-state index in [-0.39, 0.29) is 28.6 Å². The van der Waals surface area contributed by atoms with Gasteiger partial charge >= 0.3 is 5.51 Å². The molecule has 1 N–H and O–H groups in total. The van der Waals surface area contributed by atoms with Gasteiger partial charge in [0.2, 0.25) is 5.91 Å². The number of piperazine rings is 1. The van der Waals surface area contributed by atoms with Gasteiger partial charge in [-0.05, 0) is 80.9 Å². The Labute approximate surface area is 216 Å². The van der Waals surface area contributed by atoms with Crippen molar-refractivity contribution in [3.63, 3.8) is 0 Å². The Hall–Kier alpha value is -2.39. The van der Waals surface area contributed by atoms with Gasteiger partial charge in [-0.25, -0.2) is 0 Å². The van der Waals surface area contributed by atoms with E-state index in [1.807, 2.05) is 0 Å². The zero-order valence-corrected chi connectivity index (χ0v) is 21.6. The van der Waals surface area contributed by atoms with E-state index in [2.05, 4.69) is 51.2 Å². The van der Waals surface area contributed by atoms with Crippen molar-refractivity contribution in [1.29, 1.82) is 0 Å². The fourth-order valence-electron chi connectivity index (χ4n) is 4.89. The molecule has 9 heteroatoms. The first-order valence-electron chi connectivity index (χ1n) is 12.7. The number of nitrogens with zero attached hydrogens (tertiary/aromatic N) is 3. The standard InChI is InChI=1S/C27H35F3N4OS/c1-21-4-6-23(7-5-21)34-19-17-32(18-20-34)14-2-3-26(35)31-22-12-15-33(16-13-22)24-8-10-25(11-9-24)36-27(28,29)30/h4-11,22H,2-3,12-20H2,1H3,(H,31,35). The van der Waals surface area contributed by atoms with Gasteiger partial charge in [-0.15, -0.1) is 0 Å². The third-order valence-electron chi connectivity index (χ3n) is 6.95. The first-order chi connectivity index (χ1) is 17.2. The average molecular weight is 521 g/mol. The van der Waals surface area contributed by atoms with Crippen LogP contribution in [0.15, 0.2) is 53.4 Å². The molecule has 2 saturated heterocycles. The quantitative estimate of drug-likeness (QED) is 0.479. The van der Waals surface area contributed by atoms with E-state index in [1.165, 1.54) is 23.4 Å². The van der Waals surface area contributed by atoms with E-state index in [9.17, 15) is 18.0 Å². The summed E-state index contributed by atoms with van der Waals surface area (Å²) in [7, 11) is 0. The largest absolute Gasteiger partial charge is 0.446 e. The highest BCUT2D eigenvalue weighted by atomic mass is 32.2. The molecule has 0 bridgehead atoms. The predicted molar refractivity (Wildman–Crippen MR) is 141 cm³/mol. The second-order valence-electron chi connectivity index (χ2n) is 9.64. The molecular weight excluding hydrogens is 485 g/mol. The SMILES string of the molecule is Cc1ccc(N2CCN(CCCC(=O)NC3CCN(c4ccc(SC(F)(F)F)cc4)CC3)CC2)cc1. The van der Waals surface area contributed by atoms with Crippen LogP contribution in [0.25, 0.3) is 0 Å². The molecule has 0 atom stereocenters. The van der Waals surface area contributed by atoms with Crippen LogP contribution in [0, 0.1) is 6.92 Å². The van der Waals surface area contributed by atoms with Crippen LogP contribution < -0.4 is 15.1 Å². The summed E-state index contributed by atoms with van der Waals surface area (Å²) in [5, 5.41) is 3.18. The third kappa shape index (κ3) is 8.06. The summed E-state index contributed by atoms with van der Waals surface area (Å²) < 4.78 is 37.5. The Morgan fingerprint density at radius 3 is 2.03 bits per heavy atom. The molecule has 2 aliphatic heterocycles. The summed E-state index contributed by atoms with van der Waals surface area (Å²) in [6.45, 7) is 8.66. The summed E-state index contributed by atoms with van der Waals surface area (Å²) in [6.07, 6.45) is 3.08. The van der Waals surface area contributed by atoms with Crippen LogP contribution in [-0.2, 0) is 4.79 Å². The Morgan fingerprint density at radius 1 is 0.889 bits per heavy atom. The number of carbonyl (C=O) groups is 1. The number of aryl methyl sites for hydroxylation is 1. The van der Waals surface area contributed by atoms with Gasteiger partial charge in [0.05, 0.1) is 0 Å². The number of hydrogen-bond acceptors (Lipinski definition) is 5. The van der Waals surface area contributed by atoms with Gasteiger partial charge in [-0.3, -0.25) is 9.69 Å². The van der Waals surface area contributed by atoms with Crippen LogP contribution in [0.5, 0.6) is 0 Å². The highest BCUT2D eigenvalue weighted by Gasteiger charge is 2.29. The number of nitrogens with one attached hydrogen (secondary N) is 1. The Bertz CT molecular complexity index is 968. The summed E-state index contributed by atoms with van der Waals surface area (Å²) >= 11 is -0.0930. The molecule has 36 heavy (non-hydrogen) atoms. The lowest BCUT2D eigenvalue weighted by atomic mass is 10.0. The minimum Gasteiger partial charge on any atom is -0.371 e. The number of rotatable bonds is 8. The minimum absolute atomic E-state index is 0.0930. The molecule has 0 spiro atoms. The molecule has 4 rings (SSSR count). The molecule has 0 unspecified atom stereocenters. The molecule has 2 aromatic carbocycles. The van der Waals surface area contributed by atoms with Crippen LogP contribution in [0.1, 0.15) is 31.2 Å². The Kier molecular flexibility index (Phi) is 9.06. The van der Waals surface area contributed by atoms with Gasteiger partial charge < -0.3 is 15.1 Å². The zero-order valence-electron chi connectivity index (χ0n) is 20.8. The molecule has 0 aliphatic carbocycles. The predicted octanol–water partition coefficient (Wildman–Crippen LogP) is 5.29. The number of carbonyl (C=O) groups excluding carboxylic acids is 1. The topological polar surface area (TPSA) is 38.8 Å². The van der Waals surface area contributed by atoms with Crippen LogP contribution in [0.2, 0.25) is 0 Å². The summed E-state index contributed by atoms with van der Waals surface area (Å²) in [5.41, 5.74) is -0.788. The van der Waals surface area contributed by atoms with Crippen LogP contribution in [-0.4, -0.2) is 68.2 Å².